The van der Waals surface area contributed by atoms with Crippen molar-refractivity contribution in [3.63, 3.8) is 0 Å². The van der Waals surface area contributed by atoms with Crippen LogP contribution in [-0.4, -0.2) is 38.7 Å². The number of amides is 1. The summed E-state index contributed by atoms with van der Waals surface area (Å²) in [5, 5.41) is 4.43. The summed E-state index contributed by atoms with van der Waals surface area (Å²) in [7, 11) is -1.25. The summed E-state index contributed by atoms with van der Waals surface area (Å²) < 4.78 is 25.4. The number of hydrogen-bond donors (Lipinski definition) is 1. The zero-order valence-corrected chi connectivity index (χ0v) is 17.3. The van der Waals surface area contributed by atoms with Crippen molar-refractivity contribution in [2.24, 2.45) is 21.8 Å². The molecule has 1 aromatic rings. The lowest BCUT2D eigenvalue weighted by Crippen LogP contribution is -2.34. The van der Waals surface area contributed by atoms with E-state index in [1.165, 1.54) is 38.8 Å². The van der Waals surface area contributed by atoms with E-state index in [2.05, 4.69) is 31.3 Å². The predicted octanol–water partition coefficient (Wildman–Crippen LogP) is 2.80. The molecule has 2 saturated carbocycles. The Hall–Kier alpha value is -1.77. The Kier molecular flexibility index (Phi) is 4.95. The topological polar surface area (TPSA) is 88.1 Å². The summed E-state index contributed by atoms with van der Waals surface area (Å²) in [6.07, 6.45) is 3.18. The zero-order valence-electron chi connectivity index (χ0n) is 16.4. The second-order valence-electron chi connectivity index (χ2n) is 8.12. The third kappa shape index (κ3) is 3.09. The number of hydroxylamine groups is 1. The van der Waals surface area contributed by atoms with E-state index in [-0.39, 0.29) is 21.3 Å². The Morgan fingerprint density at radius 2 is 2.04 bits per heavy atom. The van der Waals surface area contributed by atoms with Crippen LogP contribution in [-0.2, 0) is 14.9 Å². The maximum Gasteiger partial charge on any atom is 0.271 e. The fraction of sp³-hybridized carbons (Fsp3) is 0.579. The molecule has 0 radical (unpaired) electrons. The minimum atomic E-state index is -3.81. The second kappa shape index (κ2) is 6.68. The molecular formula is C19H27N3O4S. The molecule has 1 N–H and O–H groups in total. The van der Waals surface area contributed by atoms with Gasteiger partial charge in [0.15, 0.2) is 0 Å². The minimum Gasteiger partial charge on any atom is -0.288 e. The number of nitrogens with one attached hydrogen (secondary N) is 1. The van der Waals surface area contributed by atoms with E-state index < -0.39 is 15.9 Å². The van der Waals surface area contributed by atoms with Gasteiger partial charge in [0.1, 0.15) is 0 Å². The van der Waals surface area contributed by atoms with Gasteiger partial charge in [-0.3, -0.25) is 9.63 Å². The van der Waals surface area contributed by atoms with Gasteiger partial charge in [-0.25, -0.2) is 13.8 Å². The molecule has 2 aliphatic rings. The highest BCUT2D eigenvalue weighted by Gasteiger charge is 2.60. The predicted molar refractivity (Wildman–Crippen MR) is 103 cm³/mol. The molecular weight excluding hydrogens is 366 g/mol. The van der Waals surface area contributed by atoms with Gasteiger partial charge in [-0.15, -0.1) is 0 Å². The van der Waals surface area contributed by atoms with Crippen molar-refractivity contribution in [3.8, 4) is 0 Å². The van der Waals surface area contributed by atoms with Crippen molar-refractivity contribution in [1.82, 2.24) is 9.89 Å². The first-order chi connectivity index (χ1) is 12.5. The van der Waals surface area contributed by atoms with E-state index in [1.807, 2.05) is 0 Å². The summed E-state index contributed by atoms with van der Waals surface area (Å²) in [6.45, 7) is 6.77. The van der Waals surface area contributed by atoms with E-state index in [1.54, 1.807) is 6.07 Å². The second-order valence-corrected chi connectivity index (χ2v) is 10.1. The van der Waals surface area contributed by atoms with Gasteiger partial charge in [0.05, 0.1) is 12.0 Å². The van der Waals surface area contributed by atoms with Gasteiger partial charge in [0.25, 0.3) is 15.9 Å². The number of nitrogens with zero attached hydrogens (tertiary/aromatic N) is 2. The normalized spacial score (nSPS) is 28.1. The van der Waals surface area contributed by atoms with Crippen molar-refractivity contribution in [3.05, 3.63) is 29.8 Å². The molecule has 27 heavy (non-hydrogen) atoms. The molecule has 2 bridgehead atoms. The van der Waals surface area contributed by atoms with Gasteiger partial charge in [-0.2, -0.15) is 5.10 Å². The third-order valence-electron chi connectivity index (χ3n) is 6.79. The Morgan fingerprint density at radius 1 is 1.33 bits per heavy atom. The van der Waals surface area contributed by atoms with Crippen LogP contribution in [0.4, 0.5) is 0 Å². The van der Waals surface area contributed by atoms with Gasteiger partial charge in [-0.05, 0) is 48.8 Å². The fourth-order valence-electron chi connectivity index (χ4n) is 4.32. The molecule has 0 spiro atoms. The van der Waals surface area contributed by atoms with Crippen molar-refractivity contribution >= 4 is 21.6 Å². The average molecular weight is 394 g/mol. The number of sulfonamides is 1. The number of carbonyl (C=O) groups is 1. The molecule has 1 amide bonds. The minimum absolute atomic E-state index is 0.00267. The van der Waals surface area contributed by atoms with E-state index in [4.69, 9.17) is 4.84 Å². The Balaban J connectivity index is 1.80. The molecule has 2 fully saturated rings. The van der Waals surface area contributed by atoms with Crippen LogP contribution in [0.25, 0.3) is 0 Å². The first-order valence-electron chi connectivity index (χ1n) is 9.04. The van der Waals surface area contributed by atoms with Crippen LogP contribution in [0.15, 0.2) is 34.3 Å². The van der Waals surface area contributed by atoms with E-state index >= 15 is 0 Å². The average Bonchev–Trinajstić information content (AvgIpc) is 2.98. The maximum absolute atomic E-state index is 12.5. The number of rotatable bonds is 5. The molecule has 148 valence electrons. The first kappa shape index (κ1) is 20.0. The van der Waals surface area contributed by atoms with Gasteiger partial charge in [0, 0.05) is 23.7 Å². The lowest BCUT2D eigenvalue weighted by molar-refractivity contribution is -0.0258. The van der Waals surface area contributed by atoms with Crippen molar-refractivity contribution in [2.45, 2.75) is 44.9 Å². The van der Waals surface area contributed by atoms with E-state index in [9.17, 15) is 13.2 Å². The summed E-state index contributed by atoms with van der Waals surface area (Å²) >= 11 is 0. The third-order valence-corrected chi connectivity index (χ3v) is 8.47. The summed E-state index contributed by atoms with van der Waals surface area (Å²) in [5.41, 5.74) is 4.05. The molecule has 0 saturated heterocycles. The molecule has 2 aliphatic carbocycles. The van der Waals surface area contributed by atoms with Gasteiger partial charge < -0.3 is 0 Å². The first-order valence-corrected chi connectivity index (χ1v) is 10.5. The van der Waals surface area contributed by atoms with Crippen LogP contribution in [0.3, 0.4) is 0 Å². The smallest absolute Gasteiger partial charge is 0.271 e. The highest BCUT2D eigenvalue weighted by atomic mass is 32.2. The largest absolute Gasteiger partial charge is 0.288 e. The van der Waals surface area contributed by atoms with Crippen LogP contribution >= 0.6 is 0 Å². The van der Waals surface area contributed by atoms with E-state index in [0.717, 1.165) is 23.0 Å². The number of carbonyl (C=O) groups excluding carboxylic acids is 1. The van der Waals surface area contributed by atoms with Crippen molar-refractivity contribution in [1.29, 1.82) is 0 Å². The molecule has 0 aromatic heterocycles. The van der Waals surface area contributed by atoms with E-state index in [0.29, 0.717) is 5.92 Å². The molecule has 0 heterocycles. The quantitative estimate of drug-likeness (QED) is 0.779. The fourth-order valence-corrected chi connectivity index (χ4v) is 5.34. The molecule has 1 aromatic carbocycles. The Morgan fingerprint density at radius 3 is 2.59 bits per heavy atom. The zero-order chi connectivity index (χ0) is 20.0. The summed E-state index contributed by atoms with van der Waals surface area (Å²) in [5.74, 6) is 0.167. The van der Waals surface area contributed by atoms with Gasteiger partial charge in [-0.1, -0.05) is 31.3 Å². The van der Waals surface area contributed by atoms with Crippen molar-refractivity contribution in [2.75, 3.05) is 14.2 Å². The van der Waals surface area contributed by atoms with Crippen LogP contribution in [0, 0.1) is 16.7 Å². The highest BCUT2D eigenvalue weighted by molar-refractivity contribution is 7.89. The monoisotopic (exact) mass is 393 g/mol. The standard InChI is InChI=1S/C19H27N3O4S/c1-18(2)14-9-10-19(18,3)16(12-14)20-21-17(23)13-7-6-8-15(11-13)27(24,25)22(4)26-5/h6-8,11,14H,9-10,12H2,1-5H3,(H,21,23)/b20-16-/t14-,19-/m1/s1. The van der Waals surface area contributed by atoms with Crippen LogP contribution < -0.4 is 5.43 Å². The summed E-state index contributed by atoms with van der Waals surface area (Å²) in [6, 6.07) is 5.84. The number of benzene rings is 1. The molecule has 0 aliphatic heterocycles. The SMILES string of the molecule is CON(C)S(=O)(=O)c1cccc(C(=O)N/N=C2/C[C@H]3CC[C@@]2(C)C3(C)C)c1. The molecule has 8 heteroatoms. The van der Waals surface area contributed by atoms with Crippen molar-refractivity contribution < 1.29 is 18.0 Å². The Labute approximate surface area is 160 Å². The van der Waals surface area contributed by atoms with Gasteiger partial charge in [0.2, 0.25) is 0 Å². The van der Waals surface area contributed by atoms with Crippen LogP contribution in [0.2, 0.25) is 0 Å². The van der Waals surface area contributed by atoms with Crippen LogP contribution in [0.5, 0.6) is 0 Å². The molecule has 3 rings (SSSR count). The lowest BCUT2D eigenvalue weighted by atomic mass is 9.70. The van der Waals surface area contributed by atoms with Crippen LogP contribution in [0.1, 0.15) is 50.4 Å². The van der Waals surface area contributed by atoms with Gasteiger partial charge >= 0.3 is 0 Å². The number of hydrogen-bond acceptors (Lipinski definition) is 5. The lowest BCUT2D eigenvalue weighted by Gasteiger charge is -2.34. The molecule has 0 unspecified atom stereocenters. The Bertz CT molecular complexity index is 894. The number of fused-ring (bicyclic) bond motifs is 2. The maximum atomic E-state index is 12.5. The molecule has 7 nitrogen and oxygen atoms in total. The summed E-state index contributed by atoms with van der Waals surface area (Å²) in [4.78, 5) is 17.3. The number of hydrazone groups is 1. The highest BCUT2D eigenvalue weighted by Crippen LogP contribution is 2.63. The molecule has 2 atom stereocenters.